The SMILES string of the molecule is O=C(NO[C@H]1CCC[C@@H]1O)OCC1c2ccccc2-c2ccccc21. The molecule has 1 amide bonds. The van der Waals surface area contributed by atoms with E-state index >= 15 is 0 Å². The molecule has 1 saturated carbocycles. The van der Waals surface area contributed by atoms with Gasteiger partial charge in [0.25, 0.3) is 0 Å². The first-order chi connectivity index (χ1) is 12.2. The number of hydrogen-bond acceptors (Lipinski definition) is 4. The molecule has 0 radical (unpaired) electrons. The van der Waals surface area contributed by atoms with Crippen LogP contribution < -0.4 is 5.48 Å². The second-order valence-corrected chi connectivity index (χ2v) is 6.58. The molecular weight excluding hydrogens is 318 g/mol. The first-order valence-corrected chi connectivity index (χ1v) is 8.69. The average Bonchev–Trinajstić information content (AvgIpc) is 3.19. The Kier molecular flexibility index (Phi) is 4.42. The number of rotatable bonds is 4. The van der Waals surface area contributed by atoms with E-state index in [1.807, 2.05) is 24.3 Å². The monoisotopic (exact) mass is 339 g/mol. The van der Waals surface area contributed by atoms with Gasteiger partial charge in [0, 0.05) is 5.92 Å². The van der Waals surface area contributed by atoms with Crippen LogP contribution in [0.3, 0.4) is 0 Å². The Labute approximate surface area is 146 Å². The summed E-state index contributed by atoms with van der Waals surface area (Å²) in [4.78, 5) is 17.2. The number of aliphatic hydroxyl groups excluding tert-OH is 1. The number of hydroxylamine groups is 1. The highest BCUT2D eigenvalue weighted by Crippen LogP contribution is 2.44. The van der Waals surface area contributed by atoms with Crippen molar-refractivity contribution in [3.05, 3.63) is 59.7 Å². The first kappa shape index (κ1) is 16.1. The Morgan fingerprint density at radius 3 is 2.28 bits per heavy atom. The van der Waals surface area contributed by atoms with Crippen molar-refractivity contribution in [1.29, 1.82) is 0 Å². The van der Waals surface area contributed by atoms with Crippen LogP contribution in [0, 0.1) is 0 Å². The van der Waals surface area contributed by atoms with E-state index in [4.69, 9.17) is 9.57 Å². The molecule has 2 aromatic carbocycles. The molecule has 2 atom stereocenters. The van der Waals surface area contributed by atoms with Crippen molar-refractivity contribution in [2.24, 2.45) is 0 Å². The van der Waals surface area contributed by atoms with Crippen LogP contribution in [0.2, 0.25) is 0 Å². The fourth-order valence-electron chi connectivity index (χ4n) is 3.80. The number of carbonyl (C=O) groups excluding carboxylic acids is 1. The van der Waals surface area contributed by atoms with Crippen molar-refractivity contribution in [3.8, 4) is 11.1 Å². The second kappa shape index (κ2) is 6.86. The van der Waals surface area contributed by atoms with E-state index in [1.165, 1.54) is 22.3 Å². The van der Waals surface area contributed by atoms with Gasteiger partial charge in [-0.1, -0.05) is 48.5 Å². The van der Waals surface area contributed by atoms with Gasteiger partial charge in [0.2, 0.25) is 0 Å². The topological polar surface area (TPSA) is 67.8 Å². The Morgan fingerprint density at radius 1 is 1.04 bits per heavy atom. The molecule has 0 saturated heterocycles. The predicted octanol–water partition coefficient (Wildman–Crippen LogP) is 3.37. The fraction of sp³-hybridized carbons (Fsp3) is 0.350. The van der Waals surface area contributed by atoms with Crippen LogP contribution in [-0.2, 0) is 9.57 Å². The maximum absolute atomic E-state index is 11.9. The Balaban J connectivity index is 1.40. The van der Waals surface area contributed by atoms with E-state index < -0.39 is 12.2 Å². The minimum atomic E-state index is -0.624. The van der Waals surface area contributed by atoms with Crippen LogP contribution in [0.15, 0.2) is 48.5 Å². The zero-order valence-corrected chi connectivity index (χ0v) is 13.9. The van der Waals surface area contributed by atoms with Gasteiger partial charge in [-0.2, -0.15) is 5.48 Å². The normalized spacial score (nSPS) is 21.6. The molecule has 1 fully saturated rings. The van der Waals surface area contributed by atoms with Gasteiger partial charge < -0.3 is 9.84 Å². The molecule has 0 heterocycles. The number of ether oxygens (including phenoxy) is 1. The highest BCUT2D eigenvalue weighted by Gasteiger charge is 2.30. The van der Waals surface area contributed by atoms with Crippen molar-refractivity contribution >= 4 is 6.09 Å². The largest absolute Gasteiger partial charge is 0.447 e. The van der Waals surface area contributed by atoms with Crippen molar-refractivity contribution in [3.63, 3.8) is 0 Å². The van der Waals surface area contributed by atoms with Gasteiger partial charge in [-0.15, -0.1) is 0 Å². The molecule has 5 heteroatoms. The molecule has 25 heavy (non-hydrogen) atoms. The Hall–Kier alpha value is -2.37. The summed E-state index contributed by atoms with van der Waals surface area (Å²) in [6.45, 7) is 0.246. The molecule has 5 nitrogen and oxygen atoms in total. The number of amides is 1. The standard InChI is InChI=1S/C20H21NO4/c22-18-10-5-11-19(18)25-21-20(23)24-12-17-15-8-3-1-6-13(15)14-7-2-4-9-16(14)17/h1-4,6-9,17-19,22H,5,10-12H2,(H,21,23)/t18-,19-/m0/s1. The van der Waals surface area contributed by atoms with Crippen molar-refractivity contribution in [1.82, 2.24) is 5.48 Å². The summed E-state index contributed by atoms with van der Waals surface area (Å²) < 4.78 is 5.38. The summed E-state index contributed by atoms with van der Waals surface area (Å²) >= 11 is 0. The molecular formula is C20H21NO4. The maximum atomic E-state index is 11.9. The molecule has 0 spiro atoms. The molecule has 2 aromatic rings. The number of aliphatic hydroxyl groups is 1. The highest BCUT2D eigenvalue weighted by molar-refractivity contribution is 5.79. The zero-order valence-electron chi connectivity index (χ0n) is 13.9. The van der Waals surface area contributed by atoms with Crippen LogP contribution in [0.4, 0.5) is 4.79 Å². The van der Waals surface area contributed by atoms with E-state index in [0.29, 0.717) is 6.42 Å². The lowest BCUT2D eigenvalue weighted by Gasteiger charge is -2.17. The minimum Gasteiger partial charge on any atom is -0.447 e. The van der Waals surface area contributed by atoms with Crippen LogP contribution >= 0.6 is 0 Å². The lowest BCUT2D eigenvalue weighted by atomic mass is 9.98. The third kappa shape index (κ3) is 3.13. The maximum Gasteiger partial charge on any atom is 0.431 e. The molecule has 2 aliphatic carbocycles. The van der Waals surface area contributed by atoms with Crippen molar-refractivity contribution in [2.45, 2.75) is 37.4 Å². The van der Waals surface area contributed by atoms with Gasteiger partial charge in [0.15, 0.2) is 0 Å². The van der Waals surface area contributed by atoms with E-state index in [-0.39, 0.29) is 18.6 Å². The quantitative estimate of drug-likeness (QED) is 0.838. The molecule has 4 rings (SSSR count). The van der Waals surface area contributed by atoms with Crippen molar-refractivity contribution in [2.75, 3.05) is 6.61 Å². The Morgan fingerprint density at radius 2 is 1.68 bits per heavy atom. The van der Waals surface area contributed by atoms with Crippen LogP contribution in [-0.4, -0.2) is 30.0 Å². The third-order valence-electron chi connectivity index (χ3n) is 5.06. The smallest absolute Gasteiger partial charge is 0.431 e. The molecule has 2 N–H and O–H groups in total. The summed E-state index contributed by atoms with van der Waals surface area (Å²) in [5.74, 6) is 0.0234. The van der Waals surface area contributed by atoms with E-state index in [2.05, 4.69) is 29.7 Å². The third-order valence-corrected chi connectivity index (χ3v) is 5.06. The van der Waals surface area contributed by atoms with E-state index in [0.717, 1.165) is 12.8 Å². The summed E-state index contributed by atoms with van der Waals surface area (Å²) in [5, 5.41) is 9.71. The van der Waals surface area contributed by atoms with Gasteiger partial charge >= 0.3 is 6.09 Å². The molecule has 0 unspecified atom stereocenters. The summed E-state index contributed by atoms with van der Waals surface area (Å²) in [6, 6.07) is 16.4. The van der Waals surface area contributed by atoms with Gasteiger partial charge in [0.1, 0.15) is 12.7 Å². The summed E-state index contributed by atoms with van der Waals surface area (Å²) in [6.07, 6.45) is 0.857. The predicted molar refractivity (Wildman–Crippen MR) is 92.9 cm³/mol. The van der Waals surface area contributed by atoms with Gasteiger partial charge in [0.05, 0.1) is 6.10 Å². The minimum absolute atomic E-state index is 0.0234. The number of hydrogen-bond donors (Lipinski definition) is 2. The van der Waals surface area contributed by atoms with Crippen LogP contribution in [0.1, 0.15) is 36.3 Å². The number of carbonyl (C=O) groups is 1. The molecule has 130 valence electrons. The van der Waals surface area contributed by atoms with Crippen LogP contribution in [0.5, 0.6) is 0 Å². The fourth-order valence-corrected chi connectivity index (χ4v) is 3.80. The van der Waals surface area contributed by atoms with E-state index in [1.54, 1.807) is 0 Å². The Bertz CT molecular complexity index is 730. The van der Waals surface area contributed by atoms with E-state index in [9.17, 15) is 9.90 Å². The highest BCUT2D eigenvalue weighted by atomic mass is 16.7. The zero-order chi connectivity index (χ0) is 17.2. The van der Waals surface area contributed by atoms with Gasteiger partial charge in [-0.05, 0) is 41.5 Å². The molecule has 0 aromatic heterocycles. The number of fused-ring (bicyclic) bond motifs is 3. The van der Waals surface area contributed by atoms with Gasteiger partial charge in [-0.3, -0.25) is 4.84 Å². The average molecular weight is 339 g/mol. The molecule has 0 bridgehead atoms. The number of benzene rings is 2. The lowest BCUT2D eigenvalue weighted by molar-refractivity contribution is -0.0669. The molecule has 2 aliphatic rings. The summed E-state index contributed by atoms with van der Waals surface area (Å²) in [7, 11) is 0. The van der Waals surface area contributed by atoms with Gasteiger partial charge in [-0.25, -0.2) is 4.79 Å². The number of nitrogens with one attached hydrogen (secondary N) is 1. The lowest BCUT2D eigenvalue weighted by Crippen LogP contribution is -2.34. The van der Waals surface area contributed by atoms with Crippen LogP contribution in [0.25, 0.3) is 11.1 Å². The second-order valence-electron chi connectivity index (χ2n) is 6.58. The first-order valence-electron chi connectivity index (χ1n) is 8.69. The summed E-state index contributed by atoms with van der Waals surface area (Å²) in [5.41, 5.74) is 7.03. The molecule has 0 aliphatic heterocycles. The van der Waals surface area contributed by atoms with Crippen molar-refractivity contribution < 1.29 is 19.5 Å².